The van der Waals surface area contributed by atoms with Gasteiger partial charge in [-0.25, -0.2) is 0 Å². The molecular weight excluding hydrogens is 254 g/mol. The number of nitrogens with one attached hydrogen (secondary N) is 1. The van der Waals surface area contributed by atoms with Crippen LogP contribution in [0.2, 0.25) is 0 Å². The number of carbonyl (C=O) groups excluding carboxylic acids is 2. The highest BCUT2D eigenvalue weighted by Gasteiger charge is 2.24. The lowest BCUT2D eigenvalue weighted by molar-refractivity contribution is -0.144. The lowest BCUT2D eigenvalue weighted by Crippen LogP contribution is -2.50. The van der Waals surface area contributed by atoms with Crippen LogP contribution in [0.25, 0.3) is 0 Å². The molecule has 1 fully saturated rings. The van der Waals surface area contributed by atoms with Gasteiger partial charge in [-0.3, -0.25) is 9.59 Å². The fraction of sp³-hybridized carbons (Fsp3) is 0.467. The molecule has 1 aliphatic heterocycles. The number of hydrogen-bond acceptors (Lipinski definition) is 3. The van der Waals surface area contributed by atoms with E-state index in [0.717, 1.165) is 24.2 Å². The number of nitrogens with zero attached hydrogens (tertiary/aromatic N) is 2. The van der Waals surface area contributed by atoms with Crippen molar-refractivity contribution in [3.63, 3.8) is 0 Å². The number of hydrogen-bond donors (Lipinski definition) is 1. The third-order valence-electron chi connectivity index (χ3n) is 3.75. The Labute approximate surface area is 119 Å². The normalized spacial score (nSPS) is 16.1. The highest BCUT2D eigenvalue weighted by Crippen LogP contribution is 2.14. The maximum absolute atomic E-state index is 12.1. The molecule has 0 aromatic heterocycles. The number of benzene rings is 1. The molecule has 0 aliphatic carbocycles. The van der Waals surface area contributed by atoms with Crippen molar-refractivity contribution >= 4 is 17.5 Å². The number of rotatable bonds is 1. The molecule has 2 rings (SSSR count). The summed E-state index contributed by atoms with van der Waals surface area (Å²) in [5.41, 5.74) is 2.92. The van der Waals surface area contributed by atoms with Gasteiger partial charge in [0.1, 0.15) is 0 Å². The van der Waals surface area contributed by atoms with Crippen molar-refractivity contribution in [1.29, 1.82) is 0 Å². The van der Waals surface area contributed by atoms with Crippen molar-refractivity contribution in [2.24, 2.45) is 0 Å². The van der Waals surface area contributed by atoms with E-state index in [9.17, 15) is 9.59 Å². The lowest BCUT2D eigenvalue weighted by atomic mass is 10.1. The van der Waals surface area contributed by atoms with Gasteiger partial charge in [0.25, 0.3) is 0 Å². The van der Waals surface area contributed by atoms with E-state index in [2.05, 4.69) is 10.2 Å². The monoisotopic (exact) mass is 275 g/mol. The first kappa shape index (κ1) is 14.5. The molecule has 5 nitrogen and oxygen atoms in total. The number of amides is 2. The van der Waals surface area contributed by atoms with Crippen LogP contribution in [0.15, 0.2) is 18.2 Å². The standard InChI is InChI=1S/C15H21N3O2/c1-11-4-5-13(10-12(11)2)16-14(19)15(20)18-8-6-17(3)7-9-18/h4-5,10H,6-9H2,1-3H3,(H,16,19). The summed E-state index contributed by atoms with van der Waals surface area (Å²) in [6.07, 6.45) is 0. The van der Waals surface area contributed by atoms with E-state index in [4.69, 9.17) is 0 Å². The first-order valence-corrected chi connectivity index (χ1v) is 6.83. The molecular formula is C15H21N3O2. The molecule has 0 saturated carbocycles. The summed E-state index contributed by atoms with van der Waals surface area (Å²) in [6.45, 7) is 6.82. The molecule has 1 aromatic rings. The zero-order valence-electron chi connectivity index (χ0n) is 12.3. The zero-order valence-corrected chi connectivity index (χ0v) is 12.3. The quantitative estimate of drug-likeness (QED) is 0.778. The molecule has 0 bridgehead atoms. The SMILES string of the molecule is Cc1ccc(NC(=O)C(=O)N2CCN(C)CC2)cc1C. The molecule has 0 spiro atoms. The van der Waals surface area contributed by atoms with E-state index >= 15 is 0 Å². The minimum absolute atomic E-state index is 0.448. The van der Waals surface area contributed by atoms with Crippen molar-refractivity contribution in [3.8, 4) is 0 Å². The molecule has 108 valence electrons. The van der Waals surface area contributed by atoms with Crippen LogP contribution in [-0.4, -0.2) is 54.8 Å². The Morgan fingerprint density at radius 2 is 1.70 bits per heavy atom. The summed E-state index contributed by atoms with van der Waals surface area (Å²) in [5, 5.41) is 2.67. The van der Waals surface area contributed by atoms with Crippen molar-refractivity contribution in [2.45, 2.75) is 13.8 Å². The summed E-state index contributed by atoms with van der Waals surface area (Å²) < 4.78 is 0. The number of anilines is 1. The van der Waals surface area contributed by atoms with Crippen molar-refractivity contribution in [2.75, 3.05) is 38.5 Å². The van der Waals surface area contributed by atoms with Gasteiger partial charge in [-0.1, -0.05) is 6.07 Å². The minimum atomic E-state index is -0.558. The van der Waals surface area contributed by atoms with Crippen LogP contribution in [0.4, 0.5) is 5.69 Å². The highest BCUT2D eigenvalue weighted by atomic mass is 16.2. The number of carbonyl (C=O) groups is 2. The van der Waals surface area contributed by atoms with Crippen LogP contribution in [-0.2, 0) is 9.59 Å². The second-order valence-corrected chi connectivity index (χ2v) is 5.35. The maximum Gasteiger partial charge on any atom is 0.313 e. The summed E-state index contributed by atoms with van der Waals surface area (Å²) in [7, 11) is 2.01. The van der Waals surface area contributed by atoms with Crippen LogP contribution >= 0.6 is 0 Å². The smallest absolute Gasteiger partial charge is 0.313 e. The summed E-state index contributed by atoms with van der Waals surface area (Å²) in [5.74, 6) is -1.01. The minimum Gasteiger partial charge on any atom is -0.332 e. The Morgan fingerprint density at radius 3 is 2.30 bits per heavy atom. The molecule has 20 heavy (non-hydrogen) atoms. The molecule has 2 amide bonds. The third-order valence-corrected chi connectivity index (χ3v) is 3.75. The second kappa shape index (κ2) is 6.05. The van der Waals surface area contributed by atoms with Gasteiger partial charge in [-0.2, -0.15) is 0 Å². The number of piperazine rings is 1. The average molecular weight is 275 g/mol. The summed E-state index contributed by atoms with van der Waals surface area (Å²) in [4.78, 5) is 27.8. The van der Waals surface area contributed by atoms with Crippen molar-refractivity contribution < 1.29 is 9.59 Å². The molecule has 0 radical (unpaired) electrons. The predicted molar refractivity (Wildman–Crippen MR) is 78.6 cm³/mol. The van der Waals surface area contributed by atoms with E-state index in [1.165, 1.54) is 0 Å². The van der Waals surface area contributed by atoms with Crippen molar-refractivity contribution in [3.05, 3.63) is 29.3 Å². The topological polar surface area (TPSA) is 52.7 Å². The Morgan fingerprint density at radius 1 is 1.05 bits per heavy atom. The van der Waals surface area contributed by atoms with Gasteiger partial charge >= 0.3 is 11.8 Å². The van der Waals surface area contributed by atoms with Gasteiger partial charge < -0.3 is 15.1 Å². The van der Waals surface area contributed by atoms with E-state index in [1.807, 2.05) is 39.1 Å². The van der Waals surface area contributed by atoms with Crippen LogP contribution in [0.5, 0.6) is 0 Å². The van der Waals surface area contributed by atoms with Gasteiger partial charge in [0.05, 0.1) is 0 Å². The van der Waals surface area contributed by atoms with E-state index < -0.39 is 11.8 Å². The summed E-state index contributed by atoms with van der Waals surface area (Å²) >= 11 is 0. The van der Waals surface area contributed by atoms with E-state index in [-0.39, 0.29) is 0 Å². The first-order valence-electron chi connectivity index (χ1n) is 6.83. The molecule has 1 saturated heterocycles. The highest BCUT2D eigenvalue weighted by molar-refractivity contribution is 6.39. The molecule has 5 heteroatoms. The van der Waals surface area contributed by atoms with Crippen LogP contribution in [0.3, 0.4) is 0 Å². The Balaban J connectivity index is 1.97. The predicted octanol–water partition coefficient (Wildman–Crippen LogP) is 1.02. The Kier molecular flexibility index (Phi) is 4.39. The lowest BCUT2D eigenvalue weighted by Gasteiger charge is -2.31. The van der Waals surface area contributed by atoms with Crippen LogP contribution in [0, 0.1) is 13.8 Å². The van der Waals surface area contributed by atoms with Crippen LogP contribution < -0.4 is 5.32 Å². The molecule has 0 unspecified atom stereocenters. The van der Waals surface area contributed by atoms with E-state index in [1.54, 1.807) is 4.90 Å². The number of likely N-dealkylation sites (N-methyl/N-ethyl adjacent to an activating group) is 1. The van der Waals surface area contributed by atoms with Crippen molar-refractivity contribution in [1.82, 2.24) is 9.80 Å². The first-order chi connectivity index (χ1) is 9.47. The van der Waals surface area contributed by atoms with Gasteiger partial charge in [-0.05, 0) is 44.2 Å². The van der Waals surface area contributed by atoms with E-state index in [0.29, 0.717) is 18.8 Å². The number of aryl methyl sites for hydroxylation is 2. The maximum atomic E-state index is 12.1. The fourth-order valence-electron chi connectivity index (χ4n) is 2.16. The molecule has 1 N–H and O–H groups in total. The zero-order chi connectivity index (χ0) is 14.7. The molecule has 1 aromatic carbocycles. The average Bonchev–Trinajstić information content (AvgIpc) is 2.43. The largest absolute Gasteiger partial charge is 0.332 e. The molecule has 1 aliphatic rings. The second-order valence-electron chi connectivity index (χ2n) is 5.35. The molecule has 1 heterocycles. The van der Waals surface area contributed by atoms with Gasteiger partial charge in [0, 0.05) is 31.9 Å². The van der Waals surface area contributed by atoms with Gasteiger partial charge in [0.15, 0.2) is 0 Å². The van der Waals surface area contributed by atoms with Gasteiger partial charge in [-0.15, -0.1) is 0 Å². The molecule has 0 atom stereocenters. The summed E-state index contributed by atoms with van der Waals surface area (Å²) in [6, 6.07) is 5.63. The van der Waals surface area contributed by atoms with Crippen LogP contribution in [0.1, 0.15) is 11.1 Å². The Bertz CT molecular complexity index is 520. The third kappa shape index (κ3) is 3.36. The fourth-order valence-corrected chi connectivity index (χ4v) is 2.16. The Hall–Kier alpha value is -1.88. The van der Waals surface area contributed by atoms with Gasteiger partial charge in [0.2, 0.25) is 0 Å².